The minimum Gasteiger partial charge on any atom is -0.487 e. The molecule has 31 heavy (non-hydrogen) atoms. The number of H-pyrrole nitrogens is 1. The third-order valence-electron chi connectivity index (χ3n) is 6.57. The molecule has 1 N–H and O–H groups in total. The molecule has 0 fully saturated rings. The summed E-state index contributed by atoms with van der Waals surface area (Å²) in [5.74, 6) is 1.48. The minimum atomic E-state index is 0.487. The SMILES string of the molecule is C1=CC(CCCCc2ccccc2)c2c3c([nH]c2=C1OCc1ccccc1)=CCCC3. The van der Waals surface area contributed by atoms with E-state index in [9.17, 15) is 0 Å². The standard InChI is InChI=1S/C29H31NO/c1-3-11-22(12-4-1)13-7-8-16-24-19-20-27(31-21-23-14-5-2-6-15-23)29-28(24)25-17-9-10-18-26(25)30-29/h1-6,11-12,14-15,18-20,24,30H,7-10,13,16-17,21H2. The number of hydrogen-bond acceptors (Lipinski definition) is 1. The lowest BCUT2D eigenvalue weighted by molar-refractivity contribution is 0.262. The van der Waals surface area contributed by atoms with Crippen molar-refractivity contribution in [3.05, 3.63) is 106 Å². The molecule has 0 spiro atoms. The maximum absolute atomic E-state index is 6.29. The highest BCUT2D eigenvalue weighted by Gasteiger charge is 2.23. The molecule has 0 saturated heterocycles. The number of fused-ring (bicyclic) bond motifs is 3. The summed E-state index contributed by atoms with van der Waals surface area (Å²) in [6.07, 6.45) is 15.4. The zero-order valence-corrected chi connectivity index (χ0v) is 18.1. The number of unbranched alkanes of at least 4 members (excludes halogenated alkanes) is 1. The fourth-order valence-corrected chi connectivity index (χ4v) is 4.96. The van der Waals surface area contributed by atoms with E-state index in [1.807, 2.05) is 6.07 Å². The number of nitrogens with one attached hydrogen (secondary N) is 1. The first kappa shape index (κ1) is 19.9. The van der Waals surface area contributed by atoms with Crippen molar-refractivity contribution in [3.63, 3.8) is 0 Å². The van der Waals surface area contributed by atoms with Crippen molar-refractivity contribution in [2.45, 2.75) is 57.5 Å². The predicted octanol–water partition coefficient (Wildman–Crippen LogP) is 5.52. The van der Waals surface area contributed by atoms with Crippen LogP contribution in [0.15, 0.2) is 72.8 Å². The third-order valence-corrected chi connectivity index (χ3v) is 6.57. The highest BCUT2D eigenvalue weighted by molar-refractivity contribution is 5.57. The van der Waals surface area contributed by atoms with E-state index in [2.05, 4.69) is 77.8 Å². The Morgan fingerprint density at radius 3 is 2.48 bits per heavy atom. The fourth-order valence-electron chi connectivity index (χ4n) is 4.96. The van der Waals surface area contributed by atoms with E-state index < -0.39 is 0 Å². The predicted molar refractivity (Wildman–Crippen MR) is 128 cm³/mol. The molecule has 2 heteroatoms. The van der Waals surface area contributed by atoms with Gasteiger partial charge < -0.3 is 9.72 Å². The van der Waals surface area contributed by atoms with Crippen LogP contribution in [-0.4, -0.2) is 4.98 Å². The average Bonchev–Trinajstić information content (AvgIpc) is 3.22. The number of allylic oxidation sites excluding steroid dienone is 1. The van der Waals surface area contributed by atoms with E-state index in [0.717, 1.165) is 5.76 Å². The van der Waals surface area contributed by atoms with E-state index >= 15 is 0 Å². The van der Waals surface area contributed by atoms with Crippen LogP contribution in [0, 0.1) is 0 Å². The molecule has 2 aliphatic carbocycles. The van der Waals surface area contributed by atoms with E-state index in [0.29, 0.717) is 12.5 Å². The van der Waals surface area contributed by atoms with Crippen molar-refractivity contribution < 1.29 is 4.74 Å². The first-order chi connectivity index (χ1) is 15.4. The Morgan fingerprint density at radius 1 is 0.903 bits per heavy atom. The second kappa shape index (κ2) is 9.43. The Hall–Kier alpha value is -3.00. The summed E-state index contributed by atoms with van der Waals surface area (Å²) in [5.41, 5.74) is 5.67. The number of aromatic nitrogens is 1. The smallest absolute Gasteiger partial charge is 0.143 e. The molecule has 3 aromatic rings. The molecule has 0 radical (unpaired) electrons. The molecule has 2 nitrogen and oxygen atoms in total. The molecular weight excluding hydrogens is 378 g/mol. The molecule has 1 unspecified atom stereocenters. The Kier molecular flexibility index (Phi) is 6.06. The highest BCUT2D eigenvalue weighted by Crippen LogP contribution is 2.29. The lowest BCUT2D eigenvalue weighted by Crippen LogP contribution is -2.21. The molecule has 1 atom stereocenters. The topological polar surface area (TPSA) is 25.0 Å². The van der Waals surface area contributed by atoms with Gasteiger partial charge in [0.25, 0.3) is 0 Å². The number of benzene rings is 2. The summed E-state index contributed by atoms with van der Waals surface area (Å²) in [6.45, 7) is 0.606. The van der Waals surface area contributed by atoms with E-state index in [1.165, 1.54) is 77.9 Å². The van der Waals surface area contributed by atoms with Gasteiger partial charge in [-0.05, 0) is 66.9 Å². The van der Waals surface area contributed by atoms with Crippen LogP contribution in [0.1, 0.15) is 60.3 Å². The van der Waals surface area contributed by atoms with Gasteiger partial charge in [0, 0.05) is 11.3 Å². The number of aromatic amines is 1. The van der Waals surface area contributed by atoms with Crippen LogP contribution in [0.4, 0.5) is 0 Å². The first-order valence-corrected chi connectivity index (χ1v) is 11.7. The normalized spacial score (nSPS) is 17.0. The molecule has 0 bridgehead atoms. The van der Waals surface area contributed by atoms with Crippen molar-refractivity contribution in [2.24, 2.45) is 0 Å². The molecule has 1 heterocycles. The molecule has 0 amide bonds. The summed E-state index contributed by atoms with van der Waals surface area (Å²) in [4.78, 5) is 3.72. The summed E-state index contributed by atoms with van der Waals surface area (Å²) in [7, 11) is 0. The van der Waals surface area contributed by atoms with Gasteiger partial charge in [-0.25, -0.2) is 0 Å². The van der Waals surface area contributed by atoms with Gasteiger partial charge in [0.05, 0.1) is 5.35 Å². The van der Waals surface area contributed by atoms with Gasteiger partial charge in [0.1, 0.15) is 12.4 Å². The summed E-state index contributed by atoms with van der Waals surface area (Å²) < 4.78 is 6.29. The van der Waals surface area contributed by atoms with Crippen molar-refractivity contribution in [3.8, 4) is 0 Å². The molecule has 2 aliphatic rings. The molecule has 5 rings (SSSR count). The molecule has 0 aliphatic heterocycles. The Balaban J connectivity index is 1.34. The van der Waals surface area contributed by atoms with Crippen molar-refractivity contribution in [2.75, 3.05) is 0 Å². The van der Waals surface area contributed by atoms with Gasteiger partial charge in [-0.1, -0.05) is 79.2 Å². The van der Waals surface area contributed by atoms with Gasteiger partial charge in [-0.15, -0.1) is 0 Å². The quantitative estimate of drug-likeness (QED) is 0.487. The lowest BCUT2D eigenvalue weighted by Gasteiger charge is -2.20. The average molecular weight is 410 g/mol. The maximum Gasteiger partial charge on any atom is 0.143 e. The van der Waals surface area contributed by atoms with Gasteiger partial charge in [0.15, 0.2) is 0 Å². The zero-order valence-electron chi connectivity index (χ0n) is 18.1. The Labute approximate surface area is 185 Å². The van der Waals surface area contributed by atoms with Gasteiger partial charge in [0.2, 0.25) is 0 Å². The highest BCUT2D eigenvalue weighted by atomic mass is 16.5. The Bertz CT molecular complexity index is 1150. The maximum atomic E-state index is 6.29. The number of aryl methyl sites for hydroxylation is 1. The third kappa shape index (κ3) is 4.54. The number of hydrogen-bond donors (Lipinski definition) is 1. The van der Waals surface area contributed by atoms with Crippen LogP contribution in [0.3, 0.4) is 0 Å². The molecule has 1 aromatic heterocycles. The van der Waals surface area contributed by atoms with Crippen LogP contribution in [0.25, 0.3) is 11.8 Å². The lowest BCUT2D eigenvalue weighted by atomic mass is 9.86. The number of rotatable bonds is 8. The van der Waals surface area contributed by atoms with E-state index in [-0.39, 0.29) is 0 Å². The van der Waals surface area contributed by atoms with Crippen LogP contribution in [0.2, 0.25) is 0 Å². The largest absolute Gasteiger partial charge is 0.487 e. The van der Waals surface area contributed by atoms with Gasteiger partial charge >= 0.3 is 0 Å². The molecule has 158 valence electrons. The summed E-state index contributed by atoms with van der Waals surface area (Å²) in [5, 5.41) is 2.55. The van der Waals surface area contributed by atoms with Crippen molar-refractivity contribution in [1.82, 2.24) is 4.98 Å². The van der Waals surface area contributed by atoms with E-state index in [1.54, 1.807) is 0 Å². The molecular formula is C29H31NO. The second-order valence-electron chi connectivity index (χ2n) is 8.74. The van der Waals surface area contributed by atoms with Crippen LogP contribution in [-0.2, 0) is 24.2 Å². The van der Waals surface area contributed by atoms with E-state index in [4.69, 9.17) is 4.74 Å². The van der Waals surface area contributed by atoms with Crippen LogP contribution in [0.5, 0.6) is 0 Å². The van der Waals surface area contributed by atoms with Crippen molar-refractivity contribution >= 4 is 11.8 Å². The van der Waals surface area contributed by atoms with Crippen LogP contribution >= 0.6 is 0 Å². The van der Waals surface area contributed by atoms with Crippen LogP contribution < -0.4 is 10.7 Å². The Morgan fingerprint density at radius 2 is 1.68 bits per heavy atom. The summed E-state index contributed by atoms with van der Waals surface area (Å²) in [6, 6.07) is 21.3. The van der Waals surface area contributed by atoms with Gasteiger partial charge in [-0.3, -0.25) is 0 Å². The summed E-state index contributed by atoms with van der Waals surface area (Å²) >= 11 is 0. The van der Waals surface area contributed by atoms with Crippen molar-refractivity contribution in [1.29, 1.82) is 0 Å². The molecule has 2 aromatic carbocycles. The van der Waals surface area contributed by atoms with Gasteiger partial charge in [-0.2, -0.15) is 0 Å². The number of ether oxygens (including phenoxy) is 1. The molecule has 0 saturated carbocycles. The minimum absolute atomic E-state index is 0.487. The zero-order chi connectivity index (χ0) is 20.9. The monoisotopic (exact) mass is 409 g/mol. The first-order valence-electron chi connectivity index (χ1n) is 11.7. The second-order valence-corrected chi connectivity index (χ2v) is 8.74. The fraction of sp³-hybridized carbons (Fsp3) is 0.310.